The first-order valence-corrected chi connectivity index (χ1v) is 9.53. The van der Waals surface area contributed by atoms with Crippen LogP contribution in [0, 0.1) is 18.7 Å². The molecule has 0 saturated heterocycles. The highest BCUT2D eigenvalue weighted by Crippen LogP contribution is 2.32. The lowest BCUT2D eigenvalue weighted by Gasteiger charge is -2.36. The lowest BCUT2D eigenvalue weighted by molar-refractivity contribution is 0.102. The van der Waals surface area contributed by atoms with Crippen molar-refractivity contribution in [1.82, 2.24) is 9.55 Å². The summed E-state index contributed by atoms with van der Waals surface area (Å²) in [6.45, 7) is 1.72. The molecule has 0 amide bonds. The summed E-state index contributed by atoms with van der Waals surface area (Å²) in [5.74, 6) is 0.432. The SMILES string of the molecule is Cc1cc(F)cc(-n2c(=O)[nH]c3c(c2=O)CC[C@H](C2CCC(O)CC2)N3)c1. The topological polar surface area (TPSA) is 87.1 Å². The summed E-state index contributed by atoms with van der Waals surface area (Å²) in [7, 11) is 0. The number of nitrogens with one attached hydrogen (secondary N) is 2. The minimum Gasteiger partial charge on any atom is -0.393 e. The van der Waals surface area contributed by atoms with Gasteiger partial charge in [0, 0.05) is 6.04 Å². The van der Waals surface area contributed by atoms with Gasteiger partial charge in [0.25, 0.3) is 5.56 Å². The average Bonchev–Trinajstić information content (AvgIpc) is 2.61. The van der Waals surface area contributed by atoms with Gasteiger partial charge in [-0.25, -0.2) is 13.8 Å². The van der Waals surface area contributed by atoms with Crippen LogP contribution >= 0.6 is 0 Å². The fraction of sp³-hybridized carbons (Fsp3) is 0.500. The molecule has 2 heterocycles. The van der Waals surface area contributed by atoms with E-state index in [2.05, 4.69) is 10.3 Å². The molecule has 0 unspecified atom stereocenters. The molecule has 4 rings (SSSR count). The van der Waals surface area contributed by atoms with Crippen molar-refractivity contribution < 1.29 is 9.50 Å². The Kier molecular flexibility index (Phi) is 4.63. The molecule has 1 aliphatic carbocycles. The van der Waals surface area contributed by atoms with E-state index < -0.39 is 17.1 Å². The van der Waals surface area contributed by atoms with E-state index >= 15 is 0 Å². The lowest BCUT2D eigenvalue weighted by Crippen LogP contribution is -2.43. The maximum Gasteiger partial charge on any atom is 0.334 e. The minimum absolute atomic E-state index is 0.187. The number of aromatic nitrogens is 2. The van der Waals surface area contributed by atoms with Crippen LogP contribution in [0.15, 0.2) is 27.8 Å². The number of halogens is 1. The van der Waals surface area contributed by atoms with Crippen LogP contribution in [0.1, 0.15) is 43.2 Å². The Balaban J connectivity index is 1.67. The minimum atomic E-state index is -0.573. The molecule has 2 aromatic rings. The third-order valence-electron chi connectivity index (χ3n) is 5.83. The number of hydrogen-bond acceptors (Lipinski definition) is 4. The number of aromatic amines is 1. The Bertz CT molecular complexity index is 953. The number of anilines is 1. The standard InChI is InChI=1S/C20H24FN3O3/c1-11-8-13(21)10-14(9-11)24-19(26)16-6-7-17(22-18(16)23-20(24)27)12-2-4-15(25)5-3-12/h8-10,12,15,17,22,25H,2-7H2,1H3,(H,23,27)/t12?,15?,17-/m1/s1. The molecule has 1 saturated carbocycles. The second-order valence-corrected chi connectivity index (χ2v) is 7.77. The maximum absolute atomic E-state index is 13.7. The molecule has 0 radical (unpaired) electrons. The molecule has 0 bridgehead atoms. The molecule has 2 aliphatic rings. The van der Waals surface area contributed by atoms with Crippen LogP contribution in [0.25, 0.3) is 5.69 Å². The number of aliphatic hydroxyl groups excluding tert-OH is 1. The van der Waals surface area contributed by atoms with Crippen LogP contribution in [0.5, 0.6) is 0 Å². The van der Waals surface area contributed by atoms with Gasteiger partial charge >= 0.3 is 5.69 Å². The molecule has 0 spiro atoms. The van der Waals surface area contributed by atoms with E-state index in [0.717, 1.165) is 36.7 Å². The molecule has 1 aromatic carbocycles. The highest BCUT2D eigenvalue weighted by molar-refractivity contribution is 5.48. The lowest BCUT2D eigenvalue weighted by atomic mass is 9.79. The summed E-state index contributed by atoms with van der Waals surface area (Å²) >= 11 is 0. The fourth-order valence-electron chi connectivity index (χ4n) is 4.42. The van der Waals surface area contributed by atoms with Crippen LogP contribution in [0.4, 0.5) is 10.2 Å². The predicted molar refractivity (Wildman–Crippen MR) is 101 cm³/mol. The van der Waals surface area contributed by atoms with Gasteiger partial charge in [-0.15, -0.1) is 0 Å². The van der Waals surface area contributed by atoms with Crippen molar-refractivity contribution >= 4 is 5.82 Å². The Morgan fingerprint density at radius 1 is 1.11 bits per heavy atom. The molecule has 144 valence electrons. The van der Waals surface area contributed by atoms with Crippen LogP contribution in [-0.2, 0) is 6.42 Å². The number of benzene rings is 1. The largest absolute Gasteiger partial charge is 0.393 e. The molecule has 7 heteroatoms. The zero-order valence-electron chi connectivity index (χ0n) is 15.3. The number of hydrogen-bond donors (Lipinski definition) is 3. The molecule has 1 aliphatic heterocycles. The van der Waals surface area contributed by atoms with Crippen molar-refractivity contribution in [2.45, 2.75) is 57.6 Å². The monoisotopic (exact) mass is 373 g/mol. The number of H-pyrrole nitrogens is 1. The second-order valence-electron chi connectivity index (χ2n) is 7.77. The molecular weight excluding hydrogens is 349 g/mol. The van der Waals surface area contributed by atoms with E-state index in [4.69, 9.17) is 0 Å². The molecule has 1 aromatic heterocycles. The quantitative estimate of drug-likeness (QED) is 0.754. The second kappa shape index (κ2) is 6.96. The molecule has 6 nitrogen and oxygen atoms in total. The van der Waals surface area contributed by atoms with Crippen molar-refractivity contribution in [3.63, 3.8) is 0 Å². The van der Waals surface area contributed by atoms with Crippen molar-refractivity contribution in [3.05, 3.63) is 56.0 Å². The summed E-state index contributed by atoms with van der Waals surface area (Å²) in [6.07, 6.45) is 4.64. The van der Waals surface area contributed by atoms with Gasteiger partial charge < -0.3 is 10.4 Å². The smallest absolute Gasteiger partial charge is 0.334 e. The summed E-state index contributed by atoms with van der Waals surface area (Å²) in [5.41, 5.74) is 0.444. The third-order valence-corrected chi connectivity index (χ3v) is 5.83. The highest BCUT2D eigenvalue weighted by atomic mass is 19.1. The zero-order chi connectivity index (χ0) is 19.1. The number of fused-ring (bicyclic) bond motifs is 1. The van der Waals surface area contributed by atoms with Crippen LogP contribution < -0.4 is 16.6 Å². The van der Waals surface area contributed by atoms with E-state index in [1.807, 2.05) is 0 Å². The van der Waals surface area contributed by atoms with E-state index in [0.29, 0.717) is 29.3 Å². The zero-order valence-corrected chi connectivity index (χ0v) is 15.3. The molecule has 1 fully saturated rings. The van der Waals surface area contributed by atoms with Crippen molar-refractivity contribution in [3.8, 4) is 5.69 Å². The van der Waals surface area contributed by atoms with Crippen LogP contribution in [-0.4, -0.2) is 26.8 Å². The first-order valence-electron chi connectivity index (χ1n) is 9.53. The van der Waals surface area contributed by atoms with Gasteiger partial charge in [-0.1, -0.05) is 0 Å². The molecular formula is C20H24FN3O3. The molecule has 1 atom stereocenters. The van der Waals surface area contributed by atoms with E-state index in [1.165, 1.54) is 12.1 Å². The van der Waals surface area contributed by atoms with Gasteiger partial charge in [0.1, 0.15) is 11.6 Å². The van der Waals surface area contributed by atoms with E-state index in [9.17, 15) is 19.1 Å². The Morgan fingerprint density at radius 2 is 1.85 bits per heavy atom. The van der Waals surface area contributed by atoms with Crippen molar-refractivity contribution in [2.24, 2.45) is 5.92 Å². The predicted octanol–water partition coefficient (Wildman–Crippen LogP) is 2.25. The normalized spacial score (nSPS) is 24.9. The van der Waals surface area contributed by atoms with Gasteiger partial charge in [0.15, 0.2) is 0 Å². The summed E-state index contributed by atoms with van der Waals surface area (Å²) < 4.78 is 14.8. The Hall–Kier alpha value is -2.41. The van der Waals surface area contributed by atoms with Crippen LogP contribution in [0.2, 0.25) is 0 Å². The van der Waals surface area contributed by atoms with Gasteiger partial charge in [0.05, 0.1) is 17.4 Å². The highest BCUT2D eigenvalue weighted by Gasteiger charge is 2.31. The van der Waals surface area contributed by atoms with Crippen LogP contribution in [0.3, 0.4) is 0 Å². The van der Waals surface area contributed by atoms with Gasteiger partial charge in [-0.2, -0.15) is 0 Å². The average molecular weight is 373 g/mol. The molecule has 3 N–H and O–H groups in total. The summed E-state index contributed by atoms with van der Waals surface area (Å²) in [5, 5.41) is 13.0. The number of aliphatic hydroxyl groups is 1. The van der Waals surface area contributed by atoms with E-state index in [-0.39, 0.29) is 17.8 Å². The Labute approximate surface area is 156 Å². The first kappa shape index (κ1) is 18.0. The number of nitrogens with zero attached hydrogens (tertiary/aromatic N) is 1. The number of aryl methyl sites for hydroxylation is 1. The van der Waals surface area contributed by atoms with Gasteiger partial charge in [-0.05, 0) is 75.1 Å². The van der Waals surface area contributed by atoms with E-state index in [1.54, 1.807) is 13.0 Å². The Morgan fingerprint density at radius 3 is 2.56 bits per heavy atom. The summed E-state index contributed by atoms with van der Waals surface area (Å²) in [4.78, 5) is 28.3. The maximum atomic E-state index is 13.7. The molecule has 27 heavy (non-hydrogen) atoms. The number of rotatable bonds is 2. The van der Waals surface area contributed by atoms with Gasteiger partial charge in [0.2, 0.25) is 0 Å². The first-order chi connectivity index (χ1) is 12.9. The van der Waals surface area contributed by atoms with Crippen molar-refractivity contribution in [1.29, 1.82) is 0 Å². The fourth-order valence-corrected chi connectivity index (χ4v) is 4.42. The third kappa shape index (κ3) is 3.43. The van der Waals surface area contributed by atoms with Gasteiger partial charge in [-0.3, -0.25) is 9.78 Å². The van der Waals surface area contributed by atoms with Crippen molar-refractivity contribution in [2.75, 3.05) is 5.32 Å². The summed E-state index contributed by atoms with van der Waals surface area (Å²) in [6, 6.07) is 4.36.